The minimum Gasteiger partial charge on any atom is -0.497 e. The molecule has 1 heterocycles. The Hall–Kier alpha value is -2.35. The van der Waals surface area contributed by atoms with Crippen molar-refractivity contribution in [2.24, 2.45) is 0 Å². The number of ether oxygens (including phenoxy) is 2. The summed E-state index contributed by atoms with van der Waals surface area (Å²) in [6.45, 7) is 9.45. The van der Waals surface area contributed by atoms with Crippen molar-refractivity contribution in [3.05, 3.63) is 48.0 Å². The second-order valence-corrected chi connectivity index (χ2v) is 8.02. The van der Waals surface area contributed by atoms with Crippen LogP contribution in [0.5, 0.6) is 11.5 Å². The topological polar surface area (TPSA) is 54.9 Å². The first-order chi connectivity index (χ1) is 14.5. The van der Waals surface area contributed by atoms with Crippen molar-refractivity contribution in [2.75, 3.05) is 44.8 Å². The molecule has 8 heteroatoms. The Morgan fingerprint density at radius 3 is 2.52 bits per heavy atom. The quantitative estimate of drug-likeness (QED) is 0.432. The molecule has 31 heavy (non-hydrogen) atoms. The van der Waals surface area contributed by atoms with Gasteiger partial charge in [0.2, 0.25) is 0 Å². The molecule has 0 radical (unpaired) electrons. The number of halogens is 1. The fraction of sp³-hybridized carbons (Fsp3) is 0.391. The van der Waals surface area contributed by atoms with Gasteiger partial charge < -0.3 is 14.4 Å². The highest BCUT2D eigenvalue weighted by atomic mass is 35.5. The summed E-state index contributed by atoms with van der Waals surface area (Å²) in [5.41, 5.74) is 1.95. The number of thiazole rings is 1. The molecule has 0 unspecified atom stereocenters. The molecular weight excluding hydrogens is 434 g/mol. The van der Waals surface area contributed by atoms with E-state index in [1.54, 1.807) is 12.0 Å². The Labute approximate surface area is 194 Å². The second kappa shape index (κ2) is 11.9. The minimum atomic E-state index is -0.102. The van der Waals surface area contributed by atoms with E-state index in [0.717, 1.165) is 41.2 Å². The average Bonchev–Trinajstić information content (AvgIpc) is 3.18. The van der Waals surface area contributed by atoms with Gasteiger partial charge in [-0.05, 0) is 55.9 Å². The van der Waals surface area contributed by atoms with Gasteiger partial charge in [0.25, 0.3) is 5.91 Å². The smallest absolute Gasteiger partial charge is 0.266 e. The standard InChI is InChI=1S/C23H29N3O3S.ClH/c1-5-25(6-2)12-13-26(22(27)16-29-19-9-7-8-17(3)14-19)23-24-20-11-10-18(28-4)15-21(20)30-23;/h7-11,14-15H,5-6,12-13,16H2,1-4H3;1H. The van der Waals surface area contributed by atoms with Crippen LogP contribution < -0.4 is 14.4 Å². The fourth-order valence-electron chi connectivity index (χ4n) is 3.17. The van der Waals surface area contributed by atoms with Gasteiger partial charge in [-0.25, -0.2) is 4.98 Å². The molecule has 168 valence electrons. The van der Waals surface area contributed by atoms with E-state index >= 15 is 0 Å². The average molecular weight is 464 g/mol. The van der Waals surface area contributed by atoms with E-state index in [9.17, 15) is 4.79 Å². The summed E-state index contributed by atoms with van der Waals surface area (Å²) in [6.07, 6.45) is 0. The third-order valence-corrected chi connectivity index (χ3v) is 6.04. The van der Waals surface area contributed by atoms with Crippen molar-refractivity contribution < 1.29 is 14.3 Å². The predicted molar refractivity (Wildman–Crippen MR) is 130 cm³/mol. The number of rotatable bonds is 10. The molecule has 0 N–H and O–H groups in total. The van der Waals surface area contributed by atoms with Gasteiger partial charge in [-0.3, -0.25) is 9.69 Å². The molecule has 1 aromatic heterocycles. The molecule has 0 atom stereocenters. The number of hydrogen-bond acceptors (Lipinski definition) is 6. The third-order valence-electron chi connectivity index (χ3n) is 5.00. The van der Waals surface area contributed by atoms with Gasteiger partial charge in [-0.2, -0.15) is 0 Å². The zero-order valence-corrected chi connectivity index (χ0v) is 20.1. The predicted octanol–water partition coefficient (Wildman–Crippen LogP) is 4.79. The molecule has 3 aromatic rings. The number of nitrogens with zero attached hydrogens (tertiary/aromatic N) is 3. The van der Waals surface area contributed by atoms with Crippen LogP contribution in [0.15, 0.2) is 42.5 Å². The van der Waals surface area contributed by atoms with Crippen molar-refractivity contribution in [3.63, 3.8) is 0 Å². The van der Waals surface area contributed by atoms with Crippen LogP contribution in [-0.2, 0) is 4.79 Å². The second-order valence-electron chi connectivity index (χ2n) is 7.01. The zero-order chi connectivity index (χ0) is 21.5. The van der Waals surface area contributed by atoms with Crippen LogP contribution in [0.4, 0.5) is 5.13 Å². The number of likely N-dealkylation sites (N-methyl/N-ethyl adjacent to an activating group) is 1. The molecule has 0 saturated carbocycles. The van der Waals surface area contributed by atoms with Crippen LogP contribution in [0.3, 0.4) is 0 Å². The number of carbonyl (C=O) groups is 1. The summed E-state index contributed by atoms with van der Waals surface area (Å²) in [4.78, 5) is 21.8. The van der Waals surface area contributed by atoms with E-state index < -0.39 is 0 Å². The zero-order valence-electron chi connectivity index (χ0n) is 18.5. The molecular formula is C23H30ClN3O3S. The summed E-state index contributed by atoms with van der Waals surface area (Å²) in [5.74, 6) is 1.37. The lowest BCUT2D eigenvalue weighted by molar-refractivity contribution is -0.120. The highest BCUT2D eigenvalue weighted by molar-refractivity contribution is 7.22. The molecule has 0 aliphatic rings. The van der Waals surface area contributed by atoms with E-state index in [4.69, 9.17) is 14.5 Å². The lowest BCUT2D eigenvalue weighted by Gasteiger charge is -2.24. The number of anilines is 1. The van der Waals surface area contributed by atoms with E-state index in [1.807, 2.05) is 49.4 Å². The molecule has 0 saturated heterocycles. The lowest BCUT2D eigenvalue weighted by Crippen LogP contribution is -2.41. The van der Waals surface area contributed by atoms with E-state index in [2.05, 4.69) is 18.7 Å². The molecule has 2 aromatic carbocycles. The highest BCUT2D eigenvalue weighted by Gasteiger charge is 2.21. The molecule has 0 aliphatic carbocycles. The molecule has 0 bridgehead atoms. The molecule has 0 spiro atoms. The summed E-state index contributed by atoms with van der Waals surface area (Å²) < 4.78 is 12.1. The minimum absolute atomic E-state index is 0. The van der Waals surface area contributed by atoms with Gasteiger partial charge in [0.15, 0.2) is 11.7 Å². The number of methoxy groups -OCH3 is 1. The Bertz CT molecular complexity index is 991. The Kier molecular flexibility index (Phi) is 9.55. The van der Waals surface area contributed by atoms with Gasteiger partial charge in [0.1, 0.15) is 11.5 Å². The largest absolute Gasteiger partial charge is 0.497 e. The Morgan fingerprint density at radius 2 is 1.84 bits per heavy atom. The number of amides is 1. The molecule has 0 aliphatic heterocycles. The van der Waals surface area contributed by atoms with Crippen molar-refractivity contribution in [1.82, 2.24) is 9.88 Å². The van der Waals surface area contributed by atoms with E-state index in [-0.39, 0.29) is 24.9 Å². The third kappa shape index (κ3) is 6.56. The van der Waals surface area contributed by atoms with Gasteiger partial charge in [0, 0.05) is 13.1 Å². The van der Waals surface area contributed by atoms with Gasteiger partial charge in [-0.1, -0.05) is 37.3 Å². The summed E-state index contributed by atoms with van der Waals surface area (Å²) in [6, 6.07) is 13.5. The lowest BCUT2D eigenvalue weighted by atomic mass is 10.2. The number of hydrogen-bond donors (Lipinski definition) is 0. The number of benzene rings is 2. The van der Waals surface area contributed by atoms with Crippen LogP contribution in [0.25, 0.3) is 10.2 Å². The monoisotopic (exact) mass is 463 g/mol. The number of aromatic nitrogens is 1. The fourth-order valence-corrected chi connectivity index (χ4v) is 4.21. The van der Waals surface area contributed by atoms with Gasteiger partial charge in [-0.15, -0.1) is 12.4 Å². The SMILES string of the molecule is CCN(CC)CCN(C(=O)COc1cccc(C)c1)c1nc2ccc(OC)cc2s1.Cl. The Morgan fingerprint density at radius 1 is 1.06 bits per heavy atom. The van der Waals surface area contributed by atoms with Crippen molar-refractivity contribution in [1.29, 1.82) is 0 Å². The number of aryl methyl sites for hydroxylation is 1. The van der Waals surface area contributed by atoms with Crippen molar-refractivity contribution >= 4 is 45.0 Å². The van der Waals surface area contributed by atoms with Crippen LogP contribution in [-0.4, -0.2) is 55.7 Å². The van der Waals surface area contributed by atoms with E-state index in [1.165, 1.54) is 11.3 Å². The van der Waals surface area contributed by atoms with Crippen LogP contribution in [0.1, 0.15) is 19.4 Å². The van der Waals surface area contributed by atoms with Gasteiger partial charge in [0.05, 0.1) is 17.3 Å². The maximum absolute atomic E-state index is 13.1. The van der Waals surface area contributed by atoms with Crippen LogP contribution in [0, 0.1) is 6.92 Å². The van der Waals surface area contributed by atoms with Crippen molar-refractivity contribution in [3.8, 4) is 11.5 Å². The van der Waals surface area contributed by atoms with Gasteiger partial charge >= 0.3 is 0 Å². The first-order valence-electron chi connectivity index (χ1n) is 10.2. The first-order valence-corrected chi connectivity index (χ1v) is 11.0. The Balaban J connectivity index is 0.00000341. The maximum Gasteiger partial charge on any atom is 0.266 e. The number of fused-ring (bicyclic) bond motifs is 1. The van der Waals surface area contributed by atoms with Crippen molar-refractivity contribution in [2.45, 2.75) is 20.8 Å². The van der Waals surface area contributed by atoms with Crippen LogP contribution in [0.2, 0.25) is 0 Å². The molecule has 6 nitrogen and oxygen atoms in total. The first kappa shape index (κ1) is 24.9. The summed E-state index contributed by atoms with van der Waals surface area (Å²) >= 11 is 1.49. The van der Waals surface area contributed by atoms with E-state index in [0.29, 0.717) is 17.4 Å². The molecule has 1 amide bonds. The summed E-state index contributed by atoms with van der Waals surface area (Å²) in [5, 5.41) is 0.684. The molecule has 3 rings (SSSR count). The molecule has 0 fully saturated rings. The highest BCUT2D eigenvalue weighted by Crippen LogP contribution is 2.31. The number of carbonyl (C=O) groups excluding carboxylic acids is 1. The van der Waals surface area contributed by atoms with Crippen LogP contribution >= 0.6 is 23.7 Å². The summed E-state index contributed by atoms with van der Waals surface area (Å²) in [7, 11) is 1.64. The maximum atomic E-state index is 13.1. The normalized spacial score (nSPS) is 10.7.